The summed E-state index contributed by atoms with van der Waals surface area (Å²) < 4.78 is 18.8. The number of nitrogens with zero attached hydrogens (tertiary/aromatic N) is 2. The first-order valence-corrected chi connectivity index (χ1v) is 11.7. The fourth-order valence-electron chi connectivity index (χ4n) is 3.12. The topological polar surface area (TPSA) is 79.1 Å². The fourth-order valence-corrected chi connectivity index (χ4v) is 4.88. The van der Waals surface area contributed by atoms with Gasteiger partial charge in [0.2, 0.25) is 6.79 Å². The summed E-state index contributed by atoms with van der Waals surface area (Å²) in [7, 11) is 0. The summed E-state index contributed by atoms with van der Waals surface area (Å²) in [5.74, 6) is 1.02. The zero-order valence-corrected chi connectivity index (χ0v) is 18.9. The van der Waals surface area contributed by atoms with E-state index in [9.17, 15) is 9.59 Å². The van der Waals surface area contributed by atoms with Crippen molar-refractivity contribution in [2.75, 3.05) is 19.2 Å². The zero-order valence-electron chi connectivity index (χ0n) is 17.3. The van der Waals surface area contributed by atoms with Gasteiger partial charge in [-0.3, -0.25) is 9.59 Å². The molecule has 31 heavy (non-hydrogen) atoms. The van der Waals surface area contributed by atoms with E-state index in [0.29, 0.717) is 29.5 Å². The van der Waals surface area contributed by atoms with Gasteiger partial charge in [-0.25, -0.2) is 0 Å². The normalized spacial score (nSPS) is 13.0. The number of carbonyl (C=O) groups excluding carboxylic acids is 2. The van der Waals surface area contributed by atoms with Crippen LogP contribution in [0.3, 0.4) is 0 Å². The number of hydrogen-bond acceptors (Lipinski definition) is 7. The van der Waals surface area contributed by atoms with Crippen LogP contribution in [0.15, 0.2) is 46.3 Å². The summed E-state index contributed by atoms with van der Waals surface area (Å²) in [4.78, 5) is 30.4. The van der Waals surface area contributed by atoms with Gasteiger partial charge in [-0.2, -0.15) is 4.99 Å². The van der Waals surface area contributed by atoms with E-state index in [2.05, 4.69) is 4.99 Å². The summed E-state index contributed by atoms with van der Waals surface area (Å²) >= 11 is 2.84. The fraction of sp³-hybridized carbons (Fsp3) is 0.318. The minimum absolute atomic E-state index is 0.182. The molecule has 1 aromatic heterocycles. The number of thiazole rings is 1. The first-order valence-electron chi connectivity index (χ1n) is 9.89. The highest BCUT2D eigenvalue weighted by atomic mass is 32.2. The van der Waals surface area contributed by atoms with E-state index in [4.69, 9.17) is 14.2 Å². The molecule has 162 valence electrons. The van der Waals surface area contributed by atoms with Gasteiger partial charge in [-0.15, -0.1) is 11.8 Å². The smallest absolute Gasteiger partial charge is 0.307 e. The van der Waals surface area contributed by atoms with E-state index in [1.54, 1.807) is 6.92 Å². The number of fused-ring (bicyclic) bond motifs is 2. The number of amides is 1. The zero-order chi connectivity index (χ0) is 21.8. The van der Waals surface area contributed by atoms with E-state index in [0.717, 1.165) is 15.1 Å². The molecule has 1 aliphatic rings. The van der Waals surface area contributed by atoms with Crippen LogP contribution in [0.25, 0.3) is 10.2 Å². The number of aryl methyl sites for hydroxylation is 2. The molecule has 0 N–H and O–H groups in total. The Bertz CT molecular complexity index is 1180. The monoisotopic (exact) mass is 458 g/mol. The Morgan fingerprint density at radius 1 is 1.19 bits per heavy atom. The maximum Gasteiger partial charge on any atom is 0.307 e. The predicted octanol–water partition coefficient (Wildman–Crippen LogP) is 3.91. The highest BCUT2D eigenvalue weighted by molar-refractivity contribution is 8.00. The summed E-state index contributed by atoms with van der Waals surface area (Å²) in [6, 6.07) is 11.8. The molecule has 0 saturated heterocycles. The maximum atomic E-state index is 12.6. The number of thioether (sulfide) groups is 1. The minimum Gasteiger partial charge on any atom is -0.466 e. The number of carbonyl (C=O) groups is 2. The van der Waals surface area contributed by atoms with Gasteiger partial charge in [0.1, 0.15) is 0 Å². The lowest BCUT2D eigenvalue weighted by Crippen LogP contribution is -2.20. The van der Waals surface area contributed by atoms with Crippen molar-refractivity contribution in [2.45, 2.75) is 31.7 Å². The van der Waals surface area contributed by atoms with Crippen molar-refractivity contribution in [3.8, 4) is 11.5 Å². The molecule has 0 fully saturated rings. The Labute approximate surface area is 187 Å². The van der Waals surface area contributed by atoms with Crippen LogP contribution in [0, 0.1) is 6.92 Å². The Hall–Kier alpha value is -2.78. The van der Waals surface area contributed by atoms with E-state index in [1.807, 2.05) is 47.9 Å². The number of ether oxygens (including phenoxy) is 3. The molecule has 0 radical (unpaired) electrons. The first-order chi connectivity index (χ1) is 15.0. The van der Waals surface area contributed by atoms with Gasteiger partial charge in [0, 0.05) is 23.6 Å². The van der Waals surface area contributed by atoms with Crippen molar-refractivity contribution in [3.05, 3.63) is 46.8 Å². The lowest BCUT2D eigenvalue weighted by molar-refractivity contribution is -0.143. The van der Waals surface area contributed by atoms with Crippen LogP contribution in [-0.4, -0.2) is 35.6 Å². The van der Waals surface area contributed by atoms with E-state index >= 15 is 0 Å². The molecule has 0 saturated carbocycles. The molecule has 0 atom stereocenters. The molecule has 1 aliphatic heterocycles. The van der Waals surface area contributed by atoms with Gasteiger partial charge in [0.15, 0.2) is 16.3 Å². The van der Waals surface area contributed by atoms with E-state index < -0.39 is 0 Å². The van der Waals surface area contributed by atoms with Crippen LogP contribution < -0.4 is 14.3 Å². The van der Waals surface area contributed by atoms with Crippen molar-refractivity contribution >= 4 is 45.2 Å². The SMILES string of the molecule is CCOC(=O)CCn1c(=NC(=O)CSc2ccc(C)cc2)sc2cc3c(cc21)OCO3. The number of rotatable bonds is 7. The summed E-state index contributed by atoms with van der Waals surface area (Å²) in [6.45, 7) is 4.67. The predicted molar refractivity (Wildman–Crippen MR) is 120 cm³/mol. The maximum absolute atomic E-state index is 12.6. The van der Waals surface area contributed by atoms with Crippen molar-refractivity contribution in [2.24, 2.45) is 4.99 Å². The number of benzene rings is 2. The van der Waals surface area contributed by atoms with Crippen LogP contribution in [0.2, 0.25) is 0 Å². The van der Waals surface area contributed by atoms with Gasteiger partial charge in [0.05, 0.1) is 29.0 Å². The molecular formula is C22H22N2O5S2. The van der Waals surface area contributed by atoms with Crippen LogP contribution in [-0.2, 0) is 20.9 Å². The van der Waals surface area contributed by atoms with E-state index in [1.165, 1.54) is 28.7 Å². The Morgan fingerprint density at radius 2 is 1.94 bits per heavy atom. The average molecular weight is 459 g/mol. The van der Waals surface area contributed by atoms with Crippen molar-refractivity contribution < 1.29 is 23.8 Å². The quantitative estimate of drug-likeness (QED) is 0.395. The lowest BCUT2D eigenvalue weighted by atomic mass is 10.2. The van der Waals surface area contributed by atoms with Gasteiger partial charge in [-0.1, -0.05) is 29.0 Å². The molecule has 3 aromatic rings. The second-order valence-corrected chi connectivity index (χ2v) is 8.93. The standard InChI is InChI=1S/C22H22N2O5S2/c1-3-27-21(26)8-9-24-16-10-17-18(29-13-28-17)11-19(16)31-22(24)23-20(25)12-30-15-6-4-14(2)5-7-15/h4-7,10-11H,3,8-9,12-13H2,1-2H3. The second-order valence-electron chi connectivity index (χ2n) is 6.87. The Morgan fingerprint density at radius 3 is 2.68 bits per heavy atom. The second kappa shape index (κ2) is 9.57. The van der Waals surface area contributed by atoms with Crippen molar-refractivity contribution in [1.29, 1.82) is 0 Å². The molecular weight excluding hydrogens is 436 g/mol. The molecule has 0 bridgehead atoms. The highest BCUT2D eigenvalue weighted by Gasteiger charge is 2.18. The van der Waals surface area contributed by atoms with Crippen LogP contribution in [0.1, 0.15) is 18.9 Å². The molecule has 1 amide bonds. The van der Waals surface area contributed by atoms with Gasteiger partial charge in [-0.05, 0) is 26.0 Å². The lowest BCUT2D eigenvalue weighted by Gasteiger charge is -2.06. The van der Waals surface area contributed by atoms with Crippen molar-refractivity contribution in [3.63, 3.8) is 0 Å². The van der Waals surface area contributed by atoms with Gasteiger partial charge in [0.25, 0.3) is 5.91 Å². The number of hydrogen-bond donors (Lipinski definition) is 0. The van der Waals surface area contributed by atoms with Crippen LogP contribution >= 0.6 is 23.1 Å². The first kappa shape index (κ1) is 21.5. The summed E-state index contributed by atoms with van der Waals surface area (Å²) in [5.41, 5.74) is 2.02. The molecule has 2 aromatic carbocycles. The van der Waals surface area contributed by atoms with Crippen molar-refractivity contribution in [1.82, 2.24) is 4.57 Å². The Balaban J connectivity index is 1.61. The summed E-state index contributed by atoms with van der Waals surface area (Å²) in [6.07, 6.45) is 0.188. The van der Waals surface area contributed by atoms with Gasteiger partial charge >= 0.3 is 5.97 Å². The molecule has 4 rings (SSSR count). The van der Waals surface area contributed by atoms with E-state index in [-0.39, 0.29) is 30.8 Å². The molecule has 2 heterocycles. The summed E-state index contributed by atoms with van der Waals surface area (Å²) in [5, 5.41) is 0. The van der Waals surface area contributed by atoms with Crippen LogP contribution in [0.4, 0.5) is 0 Å². The molecule has 7 nitrogen and oxygen atoms in total. The molecule has 0 spiro atoms. The third kappa shape index (κ3) is 5.11. The Kier molecular flexibility index (Phi) is 6.62. The third-order valence-corrected chi connectivity index (χ3v) is 6.66. The highest BCUT2D eigenvalue weighted by Crippen LogP contribution is 2.37. The largest absolute Gasteiger partial charge is 0.466 e. The number of esters is 1. The third-order valence-electron chi connectivity index (χ3n) is 4.63. The molecule has 0 aliphatic carbocycles. The molecule has 0 unspecified atom stereocenters. The molecule has 9 heteroatoms. The minimum atomic E-state index is -0.290. The van der Waals surface area contributed by atoms with Crippen LogP contribution in [0.5, 0.6) is 11.5 Å². The average Bonchev–Trinajstić information content (AvgIpc) is 3.33. The number of aromatic nitrogens is 1. The van der Waals surface area contributed by atoms with Gasteiger partial charge < -0.3 is 18.8 Å².